The lowest BCUT2D eigenvalue weighted by molar-refractivity contribution is 0.0806. The molecule has 0 bridgehead atoms. The van der Waals surface area contributed by atoms with Crippen LogP contribution in [0.15, 0.2) is 18.2 Å². The van der Waals surface area contributed by atoms with E-state index in [-0.39, 0.29) is 29.2 Å². The zero-order chi connectivity index (χ0) is 14.4. The first-order valence-electron chi connectivity index (χ1n) is 6.32. The molecule has 0 aliphatic heterocycles. The van der Waals surface area contributed by atoms with E-state index in [0.717, 1.165) is 0 Å². The SMILES string of the molecule is CCOCC(NC(=O)c1cc(O)ccc1Cl)C(C)C. The van der Waals surface area contributed by atoms with Gasteiger partial charge in [-0.05, 0) is 31.0 Å². The molecule has 0 aromatic heterocycles. The summed E-state index contributed by atoms with van der Waals surface area (Å²) in [5, 5.41) is 12.6. The van der Waals surface area contributed by atoms with Gasteiger partial charge in [0, 0.05) is 6.61 Å². The molecular weight excluding hydrogens is 266 g/mol. The maximum absolute atomic E-state index is 12.1. The first-order chi connectivity index (χ1) is 8.95. The largest absolute Gasteiger partial charge is 0.508 e. The van der Waals surface area contributed by atoms with Crippen molar-refractivity contribution >= 4 is 17.5 Å². The molecule has 5 heteroatoms. The molecular formula is C14H20ClNO3. The van der Waals surface area contributed by atoms with Crippen LogP contribution in [0.4, 0.5) is 0 Å². The Labute approximate surface area is 118 Å². The fourth-order valence-electron chi connectivity index (χ4n) is 1.58. The van der Waals surface area contributed by atoms with Crippen molar-refractivity contribution < 1.29 is 14.6 Å². The number of hydrogen-bond donors (Lipinski definition) is 2. The Hall–Kier alpha value is -1.26. The Morgan fingerprint density at radius 2 is 2.16 bits per heavy atom. The number of rotatable bonds is 6. The zero-order valence-corrected chi connectivity index (χ0v) is 12.2. The molecule has 0 saturated heterocycles. The summed E-state index contributed by atoms with van der Waals surface area (Å²) in [4.78, 5) is 12.1. The van der Waals surface area contributed by atoms with Gasteiger partial charge in [0.15, 0.2) is 0 Å². The average Bonchev–Trinajstić information content (AvgIpc) is 2.36. The highest BCUT2D eigenvalue weighted by Gasteiger charge is 2.19. The maximum atomic E-state index is 12.1. The van der Waals surface area contributed by atoms with Crippen LogP contribution in [0.1, 0.15) is 31.1 Å². The lowest BCUT2D eigenvalue weighted by Crippen LogP contribution is -2.42. The van der Waals surface area contributed by atoms with E-state index in [2.05, 4.69) is 5.32 Å². The summed E-state index contributed by atoms with van der Waals surface area (Å²) in [6.07, 6.45) is 0. The number of phenols is 1. The van der Waals surface area contributed by atoms with Gasteiger partial charge in [0.1, 0.15) is 5.75 Å². The quantitative estimate of drug-likeness (QED) is 0.845. The number of benzene rings is 1. The first kappa shape index (κ1) is 15.8. The van der Waals surface area contributed by atoms with Gasteiger partial charge in [-0.25, -0.2) is 0 Å². The molecule has 0 aliphatic rings. The minimum absolute atomic E-state index is 0.0143. The van der Waals surface area contributed by atoms with Crippen molar-refractivity contribution in [2.45, 2.75) is 26.8 Å². The van der Waals surface area contributed by atoms with Crippen molar-refractivity contribution in [3.63, 3.8) is 0 Å². The van der Waals surface area contributed by atoms with Crippen LogP contribution < -0.4 is 5.32 Å². The summed E-state index contributed by atoms with van der Waals surface area (Å²) in [6, 6.07) is 4.21. The normalized spacial score (nSPS) is 12.5. The van der Waals surface area contributed by atoms with Crippen LogP contribution in [0.5, 0.6) is 5.75 Å². The highest BCUT2D eigenvalue weighted by Crippen LogP contribution is 2.21. The molecule has 0 aliphatic carbocycles. The van der Waals surface area contributed by atoms with Crippen LogP contribution >= 0.6 is 11.6 Å². The Morgan fingerprint density at radius 3 is 2.74 bits per heavy atom. The van der Waals surface area contributed by atoms with Gasteiger partial charge in [-0.15, -0.1) is 0 Å². The molecule has 0 fully saturated rings. The Morgan fingerprint density at radius 1 is 1.47 bits per heavy atom. The Balaban J connectivity index is 2.78. The van der Waals surface area contributed by atoms with Gasteiger partial charge in [-0.2, -0.15) is 0 Å². The molecule has 0 saturated carbocycles. The second kappa shape index (κ2) is 7.36. The van der Waals surface area contributed by atoms with Crippen LogP contribution in [-0.4, -0.2) is 30.3 Å². The summed E-state index contributed by atoms with van der Waals surface area (Å²) >= 11 is 5.96. The van der Waals surface area contributed by atoms with Gasteiger partial charge < -0.3 is 15.2 Å². The Bertz CT molecular complexity index is 435. The molecule has 0 spiro atoms. The average molecular weight is 286 g/mol. The molecule has 0 radical (unpaired) electrons. The van der Waals surface area contributed by atoms with Gasteiger partial charge in [-0.3, -0.25) is 4.79 Å². The van der Waals surface area contributed by atoms with Gasteiger partial charge >= 0.3 is 0 Å². The van der Waals surface area contributed by atoms with E-state index in [4.69, 9.17) is 16.3 Å². The molecule has 1 amide bonds. The van der Waals surface area contributed by atoms with E-state index in [1.165, 1.54) is 18.2 Å². The number of amides is 1. The number of aromatic hydroxyl groups is 1. The number of nitrogens with one attached hydrogen (secondary N) is 1. The Kier molecular flexibility index (Phi) is 6.12. The monoisotopic (exact) mass is 285 g/mol. The van der Waals surface area contributed by atoms with Gasteiger partial charge in [0.2, 0.25) is 0 Å². The molecule has 106 valence electrons. The number of ether oxygens (including phenoxy) is 1. The van der Waals surface area contributed by atoms with Gasteiger partial charge in [0.05, 0.1) is 23.2 Å². The third-order valence-electron chi connectivity index (χ3n) is 2.82. The highest BCUT2D eigenvalue weighted by atomic mass is 35.5. The van der Waals surface area contributed by atoms with Crippen LogP contribution in [0.2, 0.25) is 5.02 Å². The second-order valence-electron chi connectivity index (χ2n) is 4.65. The molecule has 0 heterocycles. The summed E-state index contributed by atoms with van der Waals surface area (Å²) in [7, 11) is 0. The lowest BCUT2D eigenvalue weighted by atomic mass is 10.0. The number of halogens is 1. The third-order valence-corrected chi connectivity index (χ3v) is 3.15. The van der Waals surface area contributed by atoms with Crippen LogP contribution in [0.25, 0.3) is 0 Å². The van der Waals surface area contributed by atoms with Crippen LogP contribution in [-0.2, 0) is 4.74 Å². The van der Waals surface area contributed by atoms with Crippen molar-refractivity contribution in [2.24, 2.45) is 5.92 Å². The van der Waals surface area contributed by atoms with E-state index in [1.54, 1.807) is 0 Å². The van der Waals surface area contributed by atoms with E-state index in [9.17, 15) is 9.90 Å². The smallest absolute Gasteiger partial charge is 0.253 e. The molecule has 1 rings (SSSR count). The maximum Gasteiger partial charge on any atom is 0.253 e. The zero-order valence-electron chi connectivity index (χ0n) is 11.4. The summed E-state index contributed by atoms with van der Waals surface area (Å²) < 4.78 is 5.35. The third kappa shape index (κ3) is 4.73. The van der Waals surface area contributed by atoms with Crippen LogP contribution in [0, 0.1) is 5.92 Å². The predicted octanol–water partition coefficient (Wildman–Crippen LogP) is 2.84. The van der Waals surface area contributed by atoms with E-state index in [1.807, 2.05) is 20.8 Å². The van der Waals surface area contributed by atoms with E-state index < -0.39 is 0 Å². The molecule has 4 nitrogen and oxygen atoms in total. The second-order valence-corrected chi connectivity index (χ2v) is 5.05. The van der Waals surface area contributed by atoms with E-state index >= 15 is 0 Å². The standard InChI is InChI=1S/C14H20ClNO3/c1-4-19-8-13(9(2)3)16-14(18)11-7-10(17)5-6-12(11)15/h5-7,9,13,17H,4,8H2,1-3H3,(H,16,18). The van der Waals surface area contributed by atoms with Crippen molar-refractivity contribution in [3.05, 3.63) is 28.8 Å². The summed E-state index contributed by atoms with van der Waals surface area (Å²) in [6.45, 7) is 6.98. The number of hydrogen-bond acceptors (Lipinski definition) is 3. The minimum Gasteiger partial charge on any atom is -0.508 e. The minimum atomic E-state index is -0.306. The lowest BCUT2D eigenvalue weighted by Gasteiger charge is -2.22. The topological polar surface area (TPSA) is 58.6 Å². The number of carbonyl (C=O) groups excluding carboxylic acids is 1. The molecule has 1 aromatic rings. The van der Waals surface area contributed by atoms with Crippen molar-refractivity contribution in [2.75, 3.05) is 13.2 Å². The van der Waals surface area contributed by atoms with Crippen molar-refractivity contribution in [3.8, 4) is 5.75 Å². The van der Waals surface area contributed by atoms with Crippen LogP contribution in [0.3, 0.4) is 0 Å². The molecule has 2 N–H and O–H groups in total. The fraction of sp³-hybridized carbons (Fsp3) is 0.500. The predicted molar refractivity (Wildman–Crippen MR) is 75.7 cm³/mol. The highest BCUT2D eigenvalue weighted by molar-refractivity contribution is 6.33. The first-order valence-corrected chi connectivity index (χ1v) is 6.70. The molecule has 1 aromatic carbocycles. The summed E-state index contributed by atoms with van der Waals surface area (Å²) in [5.74, 6) is -0.0497. The van der Waals surface area contributed by atoms with Gasteiger partial charge in [0.25, 0.3) is 5.91 Å². The molecule has 1 atom stereocenters. The van der Waals surface area contributed by atoms with Crippen molar-refractivity contribution in [1.29, 1.82) is 0 Å². The molecule has 1 unspecified atom stereocenters. The van der Waals surface area contributed by atoms with E-state index in [0.29, 0.717) is 18.2 Å². The van der Waals surface area contributed by atoms with Gasteiger partial charge in [-0.1, -0.05) is 25.4 Å². The number of carbonyl (C=O) groups is 1. The van der Waals surface area contributed by atoms with Crippen molar-refractivity contribution in [1.82, 2.24) is 5.32 Å². The number of phenolic OH excluding ortho intramolecular Hbond substituents is 1. The molecule has 19 heavy (non-hydrogen) atoms. The summed E-state index contributed by atoms with van der Waals surface area (Å²) in [5.41, 5.74) is 0.267. The fourth-order valence-corrected chi connectivity index (χ4v) is 1.78.